The molecule has 4 rings (SSSR count). The van der Waals surface area contributed by atoms with E-state index < -0.39 is 0 Å². The SMILES string of the molecule is O=C(NC1CCCC1)[C@H]1CCCN(c2nc3ccccc3[nH]c2=O)C1. The summed E-state index contributed by atoms with van der Waals surface area (Å²) in [7, 11) is 0. The van der Waals surface area contributed by atoms with Crippen LogP contribution in [0.25, 0.3) is 11.0 Å². The van der Waals surface area contributed by atoms with Gasteiger partial charge >= 0.3 is 0 Å². The van der Waals surface area contributed by atoms with Crippen LogP contribution in [0.4, 0.5) is 5.82 Å². The van der Waals surface area contributed by atoms with E-state index in [0.29, 0.717) is 18.4 Å². The minimum Gasteiger partial charge on any atom is -0.353 e. The highest BCUT2D eigenvalue weighted by Crippen LogP contribution is 2.23. The molecule has 6 nitrogen and oxygen atoms in total. The number of rotatable bonds is 3. The van der Waals surface area contributed by atoms with Gasteiger partial charge in [0, 0.05) is 19.1 Å². The molecule has 25 heavy (non-hydrogen) atoms. The zero-order valence-corrected chi connectivity index (χ0v) is 14.3. The molecule has 2 aliphatic rings. The van der Waals surface area contributed by atoms with Gasteiger partial charge in [-0.3, -0.25) is 9.59 Å². The predicted molar refractivity (Wildman–Crippen MR) is 97.7 cm³/mol. The summed E-state index contributed by atoms with van der Waals surface area (Å²) in [6.07, 6.45) is 6.37. The molecule has 1 saturated carbocycles. The van der Waals surface area contributed by atoms with Crippen LogP contribution in [0.5, 0.6) is 0 Å². The molecule has 2 N–H and O–H groups in total. The van der Waals surface area contributed by atoms with Crippen molar-refractivity contribution in [1.29, 1.82) is 0 Å². The van der Waals surface area contributed by atoms with E-state index in [1.807, 2.05) is 29.2 Å². The van der Waals surface area contributed by atoms with Crippen LogP contribution in [0.15, 0.2) is 29.1 Å². The average Bonchev–Trinajstić information content (AvgIpc) is 3.14. The standard InChI is InChI=1S/C19H24N4O2/c24-18(20-14-7-1-2-8-14)13-6-5-11-23(12-13)17-19(25)22-16-10-4-3-9-15(16)21-17/h3-4,9-10,13-14H,1-2,5-8,11-12H2,(H,20,24)(H,22,25)/t13-/m0/s1. The van der Waals surface area contributed by atoms with E-state index in [4.69, 9.17) is 0 Å². The average molecular weight is 340 g/mol. The lowest BCUT2D eigenvalue weighted by molar-refractivity contribution is -0.125. The second kappa shape index (κ2) is 6.86. The fourth-order valence-electron chi connectivity index (χ4n) is 4.01. The second-order valence-corrected chi connectivity index (χ2v) is 7.18. The first kappa shape index (κ1) is 16.1. The molecular formula is C19H24N4O2. The Morgan fingerprint density at radius 3 is 2.80 bits per heavy atom. The van der Waals surface area contributed by atoms with Gasteiger partial charge < -0.3 is 15.2 Å². The summed E-state index contributed by atoms with van der Waals surface area (Å²) >= 11 is 0. The molecule has 2 fully saturated rings. The highest BCUT2D eigenvalue weighted by atomic mass is 16.2. The second-order valence-electron chi connectivity index (χ2n) is 7.18. The number of piperidine rings is 1. The highest BCUT2D eigenvalue weighted by Gasteiger charge is 2.29. The van der Waals surface area contributed by atoms with Gasteiger partial charge in [0.1, 0.15) is 0 Å². The van der Waals surface area contributed by atoms with Crippen molar-refractivity contribution >= 4 is 22.8 Å². The van der Waals surface area contributed by atoms with Crippen LogP contribution >= 0.6 is 0 Å². The van der Waals surface area contributed by atoms with Gasteiger partial charge in [-0.15, -0.1) is 0 Å². The third-order valence-electron chi connectivity index (χ3n) is 5.37. The number of hydrogen-bond acceptors (Lipinski definition) is 4. The zero-order valence-electron chi connectivity index (χ0n) is 14.3. The van der Waals surface area contributed by atoms with Crippen LogP contribution in [0, 0.1) is 5.92 Å². The lowest BCUT2D eigenvalue weighted by Crippen LogP contribution is -2.46. The van der Waals surface area contributed by atoms with Crippen molar-refractivity contribution in [3.8, 4) is 0 Å². The highest BCUT2D eigenvalue weighted by molar-refractivity contribution is 5.80. The Morgan fingerprint density at radius 2 is 1.96 bits per heavy atom. The van der Waals surface area contributed by atoms with E-state index >= 15 is 0 Å². The molecule has 2 aromatic rings. The van der Waals surface area contributed by atoms with E-state index in [-0.39, 0.29) is 17.4 Å². The van der Waals surface area contributed by atoms with Crippen LogP contribution < -0.4 is 15.8 Å². The van der Waals surface area contributed by atoms with Gasteiger partial charge in [0.15, 0.2) is 5.82 Å². The van der Waals surface area contributed by atoms with Gasteiger partial charge in [0.25, 0.3) is 5.56 Å². The summed E-state index contributed by atoms with van der Waals surface area (Å²) < 4.78 is 0. The first-order valence-corrected chi connectivity index (χ1v) is 9.25. The van der Waals surface area contributed by atoms with Crippen LogP contribution in [-0.4, -0.2) is 35.0 Å². The number of carbonyl (C=O) groups excluding carboxylic acids is 1. The minimum absolute atomic E-state index is 0.0676. The van der Waals surface area contributed by atoms with Crippen LogP contribution in [0.3, 0.4) is 0 Å². The smallest absolute Gasteiger partial charge is 0.291 e. The number of aromatic amines is 1. The van der Waals surface area contributed by atoms with E-state index in [2.05, 4.69) is 15.3 Å². The first-order chi connectivity index (χ1) is 12.2. The predicted octanol–water partition coefficient (Wildman–Crippen LogP) is 2.20. The van der Waals surface area contributed by atoms with Crippen molar-refractivity contribution in [1.82, 2.24) is 15.3 Å². The quantitative estimate of drug-likeness (QED) is 0.898. The Morgan fingerprint density at radius 1 is 1.16 bits per heavy atom. The largest absolute Gasteiger partial charge is 0.353 e. The molecule has 1 aromatic carbocycles. The molecule has 0 unspecified atom stereocenters. The summed E-state index contributed by atoms with van der Waals surface area (Å²) in [5.74, 6) is 0.493. The number of para-hydroxylation sites is 2. The Labute approximate surface area is 146 Å². The number of nitrogens with zero attached hydrogens (tertiary/aromatic N) is 2. The third kappa shape index (κ3) is 3.38. The Balaban J connectivity index is 1.51. The maximum absolute atomic E-state index is 12.6. The summed E-state index contributed by atoms with van der Waals surface area (Å²) in [5, 5.41) is 3.19. The van der Waals surface area contributed by atoms with Crippen molar-refractivity contribution in [2.45, 2.75) is 44.6 Å². The van der Waals surface area contributed by atoms with Gasteiger partial charge in [0.05, 0.1) is 17.0 Å². The number of H-pyrrole nitrogens is 1. The molecule has 1 amide bonds. The third-order valence-corrected chi connectivity index (χ3v) is 5.37. The molecule has 0 spiro atoms. The molecule has 1 saturated heterocycles. The van der Waals surface area contributed by atoms with Crippen molar-refractivity contribution in [2.24, 2.45) is 5.92 Å². The monoisotopic (exact) mass is 340 g/mol. The van der Waals surface area contributed by atoms with Gasteiger partial charge in [-0.1, -0.05) is 25.0 Å². The summed E-state index contributed by atoms with van der Waals surface area (Å²) in [4.78, 5) is 34.4. The van der Waals surface area contributed by atoms with Crippen molar-refractivity contribution in [3.63, 3.8) is 0 Å². The molecule has 1 atom stereocenters. The maximum Gasteiger partial charge on any atom is 0.291 e. The van der Waals surface area contributed by atoms with Crippen molar-refractivity contribution < 1.29 is 4.79 Å². The molecule has 132 valence electrons. The van der Waals surface area contributed by atoms with E-state index in [1.165, 1.54) is 12.8 Å². The molecule has 1 aliphatic carbocycles. The summed E-state index contributed by atoms with van der Waals surface area (Å²) in [6, 6.07) is 7.87. The molecule has 0 bridgehead atoms. The first-order valence-electron chi connectivity index (χ1n) is 9.25. The topological polar surface area (TPSA) is 78.1 Å². The molecule has 1 aromatic heterocycles. The normalized spacial score (nSPS) is 21.6. The number of benzene rings is 1. The number of aromatic nitrogens is 2. The number of anilines is 1. The van der Waals surface area contributed by atoms with Gasteiger partial charge in [-0.05, 0) is 37.8 Å². The summed E-state index contributed by atoms with van der Waals surface area (Å²) in [6.45, 7) is 1.33. The van der Waals surface area contributed by atoms with Crippen LogP contribution in [-0.2, 0) is 4.79 Å². The Hall–Kier alpha value is -2.37. The minimum atomic E-state index is -0.185. The number of hydrogen-bond donors (Lipinski definition) is 2. The lowest BCUT2D eigenvalue weighted by atomic mass is 9.96. The van der Waals surface area contributed by atoms with Crippen LogP contribution in [0.2, 0.25) is 0 Å². The molecule has 0 radical (unpaired) electrons. The fraction of sp³-hybridized carbons (Fsp3) is 0.526. The number of carbonyl (C=O) groups is 1. The molecule has 1 aliphatic heterocycles. The molecule has 2 heterocycles. The van der Waals surface area contributed by atoms with Crippen LogP contribution in [0.1, 0.15) is 38.5 Å². The number of nitrogens with one attached hydrogen (secondary N) is 2. The maximum atomic E-state index is 12.6. The van der Waals surface area contributed by atoms with E-state index in [0.717, 1.165) is 43.3 Å². The van der Waals surface area contributed by atoms with E-state index in [1.54, 1.807) is 0 Å². The van der Waals surface area contributed by atoms with Crippen molar-refractivity contribution in [2.75, 3.05) is 18.0 Å². The van der Waals surface area contributed by atoms with E-state index in [9.17, 15) is 9.59 Å². The number of fused-ring (bicyclic) bond motifs is 1. The molecular weight excluding hydrogens is 316 g/mol. The van der Waals surface area contributed by atoms with Gasteiger partial charge in [-0.25, -0.2) is 4.98 Å². The molecule has 6 heteroatoms. The fourth-order valence-corrected chi connectivity index (χ4v) is 4.01. The van der Waals surface area contributed by atoms with Crippen molar-refractivity contribution in [3.05, 3.63) is 34.6 Å². The zero-order chi connectivity index (χ0) is 17.2. The van der Waals surface area contributed by atoms with Gasteiger partial charge in [0.2, 0.25) is 5.91 Å². The summed E-state index contributed by atoms with van der Waals surface area (Å²) in [5.41, 5.74) is 1.33. The Bertz CT molecular complexity index is 826. The van der Waals surface area contributed by atoms with Gasteiger partial charge in [-0.2, -0.15) is 0 Å². The number of amides is 1. The lowest BCUT2D eigenvalue weighted by Gasteiger charge is -2.33. The Kier molecular flexibility index (Phi) is 4.42.